The Balaban J connectivity index is 2.05. The van der Waals surface area contributed by atoms with Crippen LogP contribution in [0.5, 0.6) is 0 Å². The number of amides is 1. The van der Waals surface area contributed by atoms with Gasteiger partial charge in [-0.15, -0.1) is 0 Å². The number of hydrogen-bond acceptors (Lipinski definition) is 1. The summed E-state index contributed by atoms with van der Waals surface area (Å²) in [5, 5.41) is 3.09. The first-order valence-corrected chi connectivity index (χ1v) is 6.53. The molecule has 0 bridgehead atoms. The predicted molar refractivity (Wildman–Crippen MR) is 68.6 cm³/mol. The highest BCUT2D eigenvalue weighted by Gasteiger charge is 2.17. The first kappa shape index (κ1) is 11.6. The van der Waals surface area contributed by atoms with E-state index in [1.165, 1.54) is 12.8 Å². The molecule has 2 nitrogen and oxygen atoms in total. The third-order valence-corrected chi connectivity index (χ3v) is 4.00. The molecule has 86 valence electrons. The highest BCUT2D eigenvalue weighted by Crippen LogP contribution is 2.20. The molecule has 1 amide bonds. The molecule has 0 unspecified atom stereocenters. The summed E-state index contributed by atoms with van der Waals surface area (Å²) in [6, 6.07) is 6.10. The molecule has 0 radical (unpaired) electrons. The quantitative estimate of drug-likeness (QED) is 0.884. The molecule has 16 heavy (non-hydrogen) atoms. The van der Waals surface area contributed by atoms with Gasteiger partial charge in [-0.05, 0) is 43.5 Å². The molecular weight excluding hydrogens is 266 g/mol. The monoisotopic (exact) mass is 281 g/mol. The minimum absolute atomic E-state index is 0.0579. The zero-order valence-electron chi connectivity index (χ0n) is 9.42. The molecule has 2 rings (SSSR count). The second-order valence-corrected chi connectivity index (χ2v) is 5.27. The maximum absolute atomic E-state index is 11.9. The zero-order chi connectivity index (χ0) is 11.5. The Morgan fingerprint density at radius 1 is 1.38 bits per heavy atom. The molecular formula is C13H16BrNO. The Labute approximate surface area is 105 Å². The molecule has 1 N–H and O–H groups in total. The van der Waals surface area contributed by atoms with Gasteiger partial charge in [0.25, 0.3) is 5.91 Å². The molecule has 3 heteroatoms. The van der Waals surface area contributed by atoms with Crippen molar-refractivity contribution < 1.29 is 4.79 Å². The van der Waals surface area contributed by atoms with E-state index >= 15 is 0 Å². The first-order chi connectivity index (χ1) is 7.66. The van der Waals surface area contributed by atoms with Crippen molar-refractivity contribution in [2.75, 3.05) is 0 Å². The van der Waals surface area contributed by atoms with Gasteiger partial charge in [-0.2, -0.15) is 0 Å². The Bertz CT molecular complexity index is 397. The predicted octanol–water partition coefficient (Wildman–Crippen LogP) is 3.43. The van der Waals surface area contributed by atoms with Crippen LogP contribution in [0, 0.1) is 6.92 Å². The fourth-order valence-electron chi connectivity index (χ4n) is 2.12. The second-order valence-electron chi connectivity index (χ2n) is 4.42. The average molecular weight is 282 g/mol. The average Bonchev–Trinajstić information content (AvgIpc) is 2.74. The van der Waals surface area contributed by atoms with Gasteiger partial charge in [0.1, 0.15) is 0 Å². The van der Waals surface area contributed by atoms with E-state index in [1.807, 2.05) is 25.1 Å². The topological polar surface area (TPSA) is 29.1 Å². The molecule has 0 saturated heterocycles. The molecule has 1 aliphatic rings. The molecule has 0 aromatic heterocycles. The van der Waals surface area contributed by atoms with Crippen molar-refractivity contribution in [3.8, 4) is 0 Å². The molecule has 0 spiro atoms. The molecule has 1 fully saturated rings. The van der Waals surface area contributed by atoms with Gasteiger partial charge in [-0.1, -0.05) is 28.8 Å². The van der Waals surface area contributed by atoms with Crippen molar-refractivity contribution in [2.45, 2.75) is 38.6 Å². The Hall–Kier alpha value is -0.830. The highest BCUT2D eigenvalue weighted by atomic mass is 79.9. The van der Waals surface area contributed by atoms with Crippen LogP contribution in [0.1, 0.15) is 41.6 Å². The fourth-order valence-corrected chi connectivity index (χ4v) is 2.37. The van der Waals surface area contributed by atoms with Crippen molar-refractivity contribution in [2.24, 2.45) is 0 Å². The Morgan fingerprint density at radius 3 is 2.69 bits per heavy atom. The van der Waals surface area contributed by atoms with E-state index in [-0.39, 0.29) is 5.91 Å². The summed E-state index contributed by atoms with van der Waals surface area (Å²) in [4.78, 5) is 11.9. The summed E-state index contributed by atoms with van der Waals surface area (Å²) in [5.41, 5.74) is 1.85. The fraction of sp³-hybridized carbons (Fsp3) is 0.462. The highest BCUT2D eigenvalue weighted by molar-refractivity contribution is 9.10. The third-order valence-electron chi connectivity index (χ3n) is 3.11. The SMILES string of the molecule is Cc1cc(C(=O)NC2CCCC2)ccc1Br. The van der Waals surface area contributed by atoms with Gasteiger partial charge >= 0.3 is 0 Å². The van der Waals surface area contributed by atoms with Crippen LogP contribution in [0.4, 0.5) is 0 Å². The van der Waals surface area contributed by atoms with Crippen LogP contribution in [0.25, 0.3) is 0 Å². The summed E-state index contributed by atoms with van der Waals surface area (Å²) >= 11 is 3.43. The van der Waals surface area contributed by atoms with E-state index in [2.05, 4.69) is 21.2 Å². The van der Waals surface area contributed by atoms with Crippen LogP contribution < -0.4 is 5.32 Å². The van der Waals surface area contributed by atoms with Crippen molar-refractivity contribution in [1.82, 2.24) is 5.32 Å². The van der Waals surface area contributed by atoms with Gasteiger partial charge in [0.2, 0.25) is 0 Å². The second kappa shape index (κ2) is 5.00. The molecule has 1 aliphatic carbocycles. The lowest BCUT2D eigenvalue weighted by Gasteiger charge is -2.12. The molecule has 1 aromatic rings. The number of halogens is 1. The van der Waals surface area contributed by atoms with Gasteiger partial charge in [0.15, 0.2) is 0 Å². The van der Waals surface area contributed by atoms with Crippen LogP contribution in [0.2, 0.25) is 0 Å². The van der Waals surface area contributed by atoms with E-state index in [4.69, 9.17) is 0 Å². The smallest absolute Gasteiger partial charge is 0.251 e. The lowest BCUT2D eigenvalue weighted by atomic mass is 10.1. The molecule has 0 aliphatic heterocycles. The molecule has 1 saturated carbocycles. The molecule has 1 aromatic carbocycles. The van der Waals surface area contributed by atoms with Crippen LogP contribution in [0.3, 0.4) is 0 Å². The number of hydrogen-bond donors (Lipinski definition) is 1. The van der Waals surface area contributed by atoms with E-state index in [9.17, 15) is 4.79 Å². The third kappa shape index (κ3) is 2.64. The van der Waals surface area contributed by atoms with E-state index in [0.717, 1.165) is 28.4 Å². The number of aryl methyl sites for hydroxylation is 1. The maximum atomic E-state index is 11.9. The summed E-state index contributed by atoms with van der Waals surface area (Å²) in [6.45, 7) is 2.00. The van der Waals surface area contributed by atoms with Crippen LogP contribution in [-0.2, 0) is 0 Å². The number of nitrogens with one attached hydrogen (secondary N) is 1. The van der Waals surface area contributed by atoms with Crippen LogP contribution in [-0.4, -0.2) is 11.9 Å². The largest absolute Gasteiger partial charge is 0.349 e. The molecule has 0 atom stereocenters. The van der Waals surface area contributed by atoms with Crippen LogP contribution >= 0.6 is 15.9 Å². The summed E-state index contributed by atoms with van der Waals surface area (Å²) in [7, 11) is 0. The minimum Gasteiger partial charge on any atom is -0.349 e. The van der Waals surface area contributed by atoms with Gasteiger partial charge < -0.3 is 5.32 Å². The lowest BCUT2D eigenvalue weighted by molar-refractivity contribution is 0.0938. The van der Waals surface area contributed by atoms with Crippen molar-refractivity contribution in [3.05, 3.63) is 33.8 Å². The number of rotatable bonds is 2. The molecule has 0 heterocycles. The van der Waals surface area contributed by atoms with Crippen molar-refractivity contribution in [3.63, 3.8) is 0 Å². The maximum Gasteiger partial charge on any atom is 0.251 e. The lowest BCUT2D eigenvalue weighted by Crippen LogP contribution is -2.32. The van der Waals surface area contributed by atoms with E-state index in [0.29, 0.717) is 6.04 Å². The summed E-state index contributed by atoms with van der Waals surface area (Å²) in [6.07, 6.45) is 4.73. The van der Waals surface area contributed by atoms with E-state index < -0.39 is 0 Å². The standard InChI is InChI=1S/C13H16BrNO/c1-9-8-10(6-7-12(9)14)13(16)15-11-4-2-3-5-11/h6-8,11H,2-5H2,1H3,(H,15,16). The van der Waals surface area contributed by atoms with Gasteiger partial charge in [0.05, 0.1) is 0 Å². The number of carbonyl (C=O) groups excluding carboxylic acids is 1. The van der Waals surface area contributed by atoms with E-state index in [1.54, 1.807) is 0 Å². The van der Waals surface area contributed by atoms with Crippen LogP contribution in [0.15, 0.2) is 22.7 Å². The Morgan fingerprint density at radius 2 is 2.06 bits per heavy atom. The first-order valence-electron chi connectivity index (χ1n) is 5.74. The van der Waals surface area contributed by atoms with Crippen molar-refractivity contribution in [1.29, 1.82) is 0 Å². The summed E-state index contributed by atoms with van der Waals surface area (Å²) in [5.74, 6) is 0.0579. The zero-order valence-corrected chi connectivity index (χ0v) is 11.0. The van der Waals surface area contributed by atoms with Gasteiger partial charge in [-0.3, -0.25) is 4.79 Å². The summed E-state index contributed by atoms with van der Waals surface area (Å²) < 4.78 is 1.05. The number of benzene rings is 1. The van der Waals surface area contributed by atoms with Gasteiger partial charge in [0, 0.05) is 16.1 Å². The normalized spacial score (nSPS) is 16.4. The minimum atomic E-state index is 0.0579. The Kier molecular flexibility index (Phi) is 3.64. The van der Waals surface area contributed by atoms with Crippen molar-refractivity contribution >= 4 is 21.8 Å². The van der Waals surface area contributed by atoms with Gasteiger partial charge in [-0.25, -0.2) is 0 Å². The number of carbonyl (C=O) groups is 1.